The number of halogens is 2. The van der Waals surface area contributed by atoms with Gasteiger partial charge in [0.2, 0.25) is 11.9 Å². The molecule has 1 aliphatic rings. The molecular weight excluding hydrogens is 419 g/mol. The lowest BCUT2D eigenvalue weighted by Gasteiger charge is -2.32. The molecule has 31 heavy (non-hydrogen) atoms. The van der Waals surface area contributed by atoms with Crippen LogP contribution in [0.3, 0.4) is 0 Å². The number of anilines is 2. The summed E-state index contributed by atoms with van der Waals surface area (Å²) in [7, 11) is 1.54. The van der Waals surface area contributed by atoms with Crippen molar-refractivity contribution in [1.82, 2.24) is 9.97 Å². The number of ether oxygens (including phenoxy) is 1. The maximum atomic E-state index is 13.5. The zero-order chi connectivity index (χ0) is 21.8. The van der Waals surface area contributed by atoms with Gasteiger partial charge >= 0.3 is 0 Å². The van der Waals surface area contributed by atoms with Crippen LogP contribution in [0.15, 0.2) is 54.9 Å². The summed E-state index contributed by atoms with van der Waals surface area (Å²) in [5.74, 6) is 0.556. The summed E-state index contributed by atoms with van der Waals surface area (Å²) in [5, 5.41) is 3.37. The molecule has 1 amide bonds. The number of methoxy groups -OCH3 is 1. The lowest BCUT2D eigenvalue weighted by atomic mass is 9.97. The number of nitrogens with one attached hydrogen (secondary N) is 1. The molecule has 1 atom stereocenters. The third-order valence-electron chi connectivity index (χ3n) is 5.29. The van der Waals surface area contributed by atoms with E-state index in [2.05, 4.69) is 15.3 Å². The molecule has 1 saturated heterocycles. The minimum absolute atomic E-state index is 0.0673. The molecule has 1 aliphatic heterocycles. The van der Waals surface area contributed by atoms with Crippen LogP contribution in [0.5, 0.6) is 5.75 Å². The standard InChI is InChI=1S/C23H22ClFN4O2/c1-31-21-8-7-19(11-20(21)24)28-22(30)16-5-3-9-29(14-16)23-26-12-17(13-27-23)15-4-2-6-18(25)10-15/h2,4,6-8,10-13,16H,3,5,9,14H2,1H3,(H,28,30)/t16-/m1/s1. The second-order valence-corrected chi connectivity index (χ2v) is 7.81. The molecule has 2 heterocycles. The molecule has 4 rings (SSSR count). The van der Waals surface area contributed by atoms with Gasteiger partial charge in [0, 0.05) is 36.7 Å². The number of carbonyl (C=O) groups excluding carboxylic acids is 1. The van der Waals surface area contributed by atoms with E-state index < -0.39 is 0 Å². The van der Waals surface area contributed by atoms with Crippen molar-refractivity contribution in [2.24, 2.45) is 5.92 Å². The van der Waals surface area contributed by atoms with Crippen LogP contribution in [-0.2, 0) is 4.79 Å². The summed E-state index contributed by atoms with van der Waals surface area (Å²) in [5.41, 5.74) is 2.09. The van der Waals surface area contributed by atoms with Gasteiger partial charge in [-0.3, -0.25) is 4.79 Å². The molecule has 1 N–H and O–H groups in total. The van der Waals surface area contributed by atoms with Crippen LogP contribution in [-0.4, -0.2) is 36.1 Å². The predicted molar refractivity (Wildman–Crippen MR) is 119 cm³/mol. The first-order valence-corrected chi connectivity index (χ1v) is 10.4. The van der Waals surface area contributed by atoms with Crippen molar-refractivity contribution < 1.29 is 13.9 Å². The van der Waals surface area contributed by atoms with Crippen molar-refractivity contribution in [2.45, 2.75) is 12.8 Å². The summed E-state index contributed by atoms with van der Waals surface area (Å²) in [6.07, 6.45) is 5.00. The van der Waals surface area contributed by atoms with E-state index in [-0.39, 0.29) is 17.6 Å². The summed E-state index contributed by atoms with van der Waals surface area (Å²) in [4.78, 5) is 23.7. The Hall–Kier alpha value is -3.19. The normalized spacial score (nSPS) is 16.1. The fourth-order valence-electron chi connectivity index (χ4n) is 3.66. The highest BCUT2D eigenvalue weighted by atomic mass is 35.5. The minimum Gasteiger partial charge on any atom is -0.495 e. The molecule has 0 spiro atoms. The number of piperidine rings is 1. The number of benzene rings is 2. The van der Waals surface area contributed by atoms with Crippen LogP contribution in [0.2, 0.25) is 5.02 Å². The molecule has 8 heteroatoms. The van der Waals surface area contributed by atoms with Gasteiger partial charge < -0.3 is 15.0 Å². The largest absolute Gasteiger partial charge is 0.495 e. The molecule has 0 aliphatic carbocycles. The number of amides is 1. The number of hydrogen-bond donors (Lipinski definition) is 1. The van der Waals surface area contributed by atoms with E-state index in [0.717, 1.165) is 30.5 Å². The predicted octanol–water partition coefficient (Wildman–Crippen LogP) is 4.80. The van der Waals surface area contributed by atoms with E-state index in [0.29, 0.717) is 29.0 Å². The smallest absolute Gasteiger partial charge is 0.229 e. The van der Waals surface area contributed by atoms with E-state index in [1.54, 1.807) is 43.8 Å². The second-order valence-electron chi connectivity index (χ2n) is 7.41. The van der Waals surface area contributed by atoms with Crippen LogP contribution in [0, 0.1) is 11.7 Å². The Morgan fingerprint density at radius 2 is 2.00 bits per heavy atom. The van der Waals surface area contributed by atoms with Gasteiger partial charge in [0.05, 0.1) is 18.1 Å². The Labute approximate surface area is 185 Å². The number of nitrogens with zero attached hydrogens (tertiary/aromatic N) is 3. The highest BCUT2D eigenvalue weighted by molar-refractivity contribution is 6.32. The fourth-order valence-corrected chi connectivity index (χ4v) is 3.92. The molecule has 6 nitrogen and oxygen atoms in total. The number of aromatic nitrogens is 2. The first-order chi connectivity index (χ1) is 15.0. The van der Waals surface area contributed by atoms with Gasteiger partial charge in [0.1, 0.15) is 11.6 Å². The van der Waals surface area contributed by atoms with E-state index >= 15 is 0 Å². The highest BCUT2D eigenvalue weighted by Crippen LogP contribution is 2.28. The summed E-state index contributed by atoms with van der Waals surface area (Å²) in [6.45, 7) is 1.30. The number of rotatable bonds is 5. The highest BCUT2D eigenvalue weighted by Gasteiger charge is 2.27. The molecule has 0 unspecified atom stereocenters. The number of hydrogen-bond acceptors (Lipinski definition) is 5. The fraction of sp³-hybridized carbons (Fsp3) is 0.261. The Bertz CT molecular complexity index is 1080. The Balaban J connectivity index is 1.42. The van der Waals surface area contributed by atoms with Crippen LogP contribution >= 0.6 is 11.6 Å². The molecule has 1 fully saturated rings. The first kappa shape index (κ1) is 21.1. The van der Waals surface area contributed by atoms with Gasteiger partial charge in [-0.15, -0.1) is 0 Å². The third kappa shape index (κ3) is 4.94. The maximum Gasteiger partial charge on any atom is 0.229 e. The first-order valence-electron chi connectivity index (χ1n) is 10.0. The molecule has 1 aromatic heterocycles. The molecule has 160 valence electrons. The van der Waals surface area contributed by atoms with Crippen molar-refractivity contribution in [1.29, 1.82) is 0 Å². The van der Waals surface area contributed by atoms with Gasteiger partial charge in [-0.25, -0.2) is 14.4 Å². The Morgan fingerprint density at radius 3 is 2.71 bits per heavy atom. The van der Waals surface area contributed by atoms with Gasteiger partial charge in [0.15, 0.2) is 0 Å². The monoisotopic (exact) mass is 440 g/mol. The third-order valence-corrected chi connectivity index (χ3v) is 5.59. The van der Waals surface area contributed by atoms with Crippen molar-refractivity contribution in [3.8, 4) is 16.9 Å². The minimum atomic E-state index is -0.301. The molecule has 2 aromatic carbocycles. The molecule has 3 aromatic rings. The summed E-state index contributed by atoms with van der Waals surface area (Å²) in [6, 6.07) is 11.5. The molecule has 0 bridgehead atoms. The van der Waals surface area contributed by atoms with Crippen LogP contribution < -0.4 is 15.0 Å². The topological polar surface area (TPSA) is 67.3 Å². The van der Waals surface area contributed by atoms with Gasteiger partial charge in [-0.1, -0.05) is 23.7 Å². The molecule has 0 radical (unpaired) electrons. The molecule has 0 saturated carbocycles. The SMILES string of the molecule is COc1ccc(NC(=O)[C@@H]2CCCN(c3ncc(-c4cccc(F)c4)cn3)C2)cc1Cl. The van der Waals surface area contributed by atoms with Crippen molar-refractivity contribution >= 4 is 29.1 Å². The summed E-state index contributed by atoms with van der Waals surface area (Å²) >= 11 is 6.15. The Kier molecular flexibility index (Phi) is 6.32. The van der Waals surface area contributed by atoms with Gasteiger partial charge in [-0.2, -0.15) is 0 Å². The summed E-state index contributed by atoms with van der Waals surface area (Å²) < 4.78 is 18.6. The van der Waals surface area contributed by atoms with E-state index in [4.69, 9.17) is 16.3 Å². The van der Waals surface area contributed by atoms with Crippen LogP contribution in [0.25, 0.3) is 11.1 Å². The lowest BCUT2D eigenvalue weighted by molar-refractivity contribution is -0.120. The van der Waals surface area contributed by atoms with Crippen molar-refractivity contribution in [2.75, 3.05) is 30.4 Å². The van der Waals surface area contributed by atoms with E-state index in [1.807, 2.05) is 11.0 Å². The van der Waals surface area contributed by atoms with Gasteiger partial charge in [0.25, 0.3) is 0 Å². The number of carbonyl (C=O) groups is 1. The zero-order valence-electron chi connectivity index (χ0n) is 17.0. The van der Waals surface area contributed by atoms with E-state index in [9.17, 15) is 9.18 Å². The average Bonchev–Trinajstić information content (AvgIpc) is 2.79. The Morgan fingerprint density at radius 1 is 1.19 bits per heavy atom. The maximum absolute atomic E-state index is 13.5. The van der Waals surface area contributed by atoms with Crippen LogP contribution in [0.4, 0.5) is 16.0 Å². The zero-order valence-corrected chi connectivity index (χ0v) is 17.8. The second kappa shape index (κ2) is 9.31. The quantitative estimate of drug-likeness (QED) is 0.617. The van der Waals surface area contributed by atoms with Crippen molar-refractivity contribution in [3.05, 3.63) is 65.7 Å². The van der Waals surface area contributed by atoms with Crippen molar-refractivity contribution in [3.63, 3.8) is 0 Å². The van der Waals surface area contributed by atoms with E-state index in [1.165, 1.54) is 12.1 Å². The van der Waals surface area contributed by atoms with Gasteiger partial charge in [-0.05, 0) is 48.7 Å². The molecular formula is C23H22ClFN4O2. The lowest BCUT2D eigenvalue weighted by Crippen LogP contribution is -2.41. The average molecular weight is 441 g/mol. The van der Waals surface area contributed by atoms with Crippen LogP contribution in [0.1, 0.15) is 12.8 Å².